The molecule has 1 atom stereocenters. The number of hydrogen-bond acceptors (Lipinski definition) is 6. The summed E-state index contributed by atoms with van der Waals surface area (Å²) in [5, 5.41) is 10.5. The Morgan fingerprint density at radius 3 is 2.42 bits per heavy atom. The predicted octanol–water partition coefficient (Wildman–Crippen LogP) is 3.09. The van der Waals surface area contributed by atoms with Crippen LogP contribution in [-0.4, -0.2) is 40.7 Å². The summed E-state index contributed by atoms with van der Waals surface area (Å²) >= 11 is 1.27. The monoisotopic (exact) mass is 440 g/mol. The molecular formula is C22H20N2O6S. The molecule has 1 aliphatic heterocycles. The molecule has 1 fully saturated rings. The number of imide groups is 1. The first kappa shape index (κ1) is 22.1. The molecule has 8 nitrogen and oxygen atoms in total. The van der Waals surface area contributed by atoms with Gasteiger partial charge in [-0.1, -0.05) is 0 Å². The number of anilines is 2. The second kappa shape index (κ2) is 9.94. The zero-order chi connectivity index (χ0) is 22.4. The minimum atomic E-state index is -1.21. The van der Waals surface area contributed by atoms with Crippen LogP contribution in [0.15, 0.2) is 65.6 Å². The first-order chi connectivity index (χ1) is 14.9. The lowest BCUT2D eigenvalue weighted by Crippen LogP contribution is -2.31. The summed E-state index contributed by atoms with van der Waals surface area (Å²) in [6, 6.07) is 13.5. The highest BCUT2D eigenvalue weighted by Crippen LogP contribution is 2.34. The topological polar surface area (TPSA) is 113 Å². The van der Waals surface area contributed by atoms with Gasteiger partial charge in [0.1, 0.15) is 5.75 Å². The molecule has 0 aliphatic carbocycles. The van der Waals surface area contributed by atoms with Gasteiger partial charge in [-0.25, -0.2) is 9.69 Å². The van der Waals surface area contributed by atoms with Gasteiger partial charge in [0.2, 0.25) is 17.7 Å². The predicted molar refractivity (Wildman–Crippen MR) is 116 cm³/mol. The van der Waals surface area contributed by atoms with E-state index in [9.17, 15) is 19.2 Å². The van der Waals surface area contributed by atoms with E-state index in [1.807, 2.05) is 6.92 Å². The molecule has 1 saturated heterocycles. The van der Waals surface area contributed by atoms with Gasteiger partial charge in [0.25, 0.3) is 0 Å². The molecule has 2 N–H and O–H groups in total. The summed E-state index contributed by atoms with van der Waals surface area (Å²) < 4.78 is 5.39. The molecule has 3 rings (SSSR count). The van der Waals surface area contributed by atoms with E-state index < -0.39 is 17.1 Å². The summed E-state index contributed by atoms with van der Waals surface area (Å²) in [6.07, 6.45) is 1.76. The minimum Gasteiger partial charge on any atom is -0.494 e. The van der Waals surface area contributed by atoms with Crippen molar-refractivity contribution in [3.05, 3.63) is 60.7 Å². The van der Waals surface area contributed by atoms with Gasteiger partial charge in [-0.15, -0.1) is 11.8 Å². The van der Waals surface area contributed by atoms with E-state index in [-0.39, 0.29) is 18.2 Å². The Bertz CT molecular complexity index is 1020. The Hall–Kier alpha value is -3.59. The van der Waals surface area contributed by atoms with Crippen molar-refractivity contribution < 1.29 is 29.0 Å². The lowest BCUT2D eigenvalue weighted by atomic mass is 10.3. The molecule has 1 aliphatic rings. The molecule has 2 aromatic carbocycles. The van der Waals surface area contributed by atoms with Gasteiger partial charge >= 0.3 is 5.97 Å². The lowest BCUT2D eigenvalue weighted by Gasteiger charge is -2.15. The maximum atomic E-state index is 12.8. The molecule has 0 spiro atoms. The fourth-order valence-corrected chi connectivity index (χ4v) is 3.99. The summed E-state index contributed by atoms with van der Waals surface area (Å²) in [5.74, 6) is -1.65. The number of ether oxygens (including phenoxy) is 1. The zero-order valence-corrected chi connectivity index (χ0v) is 17.4. The number of amides is 3. The van der Waals surface area contributed by atoms with Gasteiger partial charge in [0.15, 0.2) is 0 Å². The Labute approximate surface area is 182 Å². The van der Waals surface area contributed by atoms with E-state index in [0.717, 1.165) is 17.0 Å². The van der Waals surface area contributed by atoms with Gasteiger partial charge in [0.05, 0.1) is 17.5 Å². The van der Waals surface area contributed by atoms with Crippen LogP contribution >= 0.6 is 11.8 Å². The number of carbonyl (C=O) groups is 4. The SMILES string of the molecule is CCOc1ccc(N2C(=O)CC(Sc3ccc(NC(=O)C=CC(=O)O)cc3)C2=O)cc1. The van der Waals surface area contributed by atoms with Crippen LogP contribution in [-0.2, 0) is 19.2 Å². The highest BCUT2D eigenvalue weighted by Gasteiger charge is 2.40. The fraction of sp³-hybridized carbons (Fsp3) is 0.182. The number of carboxylic acid groups (broad SMARTS) is 1. The lowest BCUT2D eigenvalue weighted by molar-refractivity contribution is -0.131. The number of carboxylic acids is 1. The normalized spacial score (nSPS) is 16.0. The number of nitrogens with one attached hydrogen (secondary N) is 1. The van der Waals surface area contributed by atoms with Crippen molar-refractivity contribution >= 4 is 46.8 Å². The van der Waals surface area contributed by atoms with Crippen LogP contribution in [0.2, 0.25) is 0 Å². The van der Waals surface area contributed by atoms with E-state index >= 15 is 0 Å². The van der Waals surface area contributed by atoms with Crippen molar-refractivity contribution in [3.8, 4) is 5.75 Å². The molecule has 31 heavy (non-hydrogen) atoms. The number of benzene rings is 2. The van der Waals surface area contributed by atoms with Crippen LogP contribution in [0.1, 0.15) is 13.3 Å². The molecule has 0 radical (unpaired) electrons. The second-order valence-corrected chi connectivity index (χ2v) is 7.77. The Morgan fingerprint density at radius 1 is 1.13 bits per heavy atom. The van der Waals surface area contributed by atoms with Gasteiger partial charge in [-0.3, -0.25) is 14.4 Å². The van der Waals surface area contributed by atoms with Crippen molar-refractivity contribution in [2.45, 2.75) is 23.5 Å². The standard InChI is InChI=1S/C22H20N2O6S/c1-2-30-16-7-5-15(6-8-16)24-20(26)13-18(22(24)29)31-17-9-3-14(4-10-17)23-19(25)11-12-21(27)28/h3-12,18H,2,13H2,1H3,(H,23,25)(H,27,28). The molecule has 0 aromatic heterocycles. The molecule has 0 bridgehead atoms. The molecule has 1 unspecified atom stereocenters. The first-order valence-electron chi connectivity index (χ1n) is 9.45. The number of aliphatic carboxylic acids is 1. The Balaban J connectivity index is 1.62. The first-order valence-corrected chi connectivity index (χ1v) is 10.3. The maximum Gasteiger partial charge on any atom is 0.328 e. The molecule has 160 valence electrons. The van der Waals surface area contributed by atoms with Gasteiger partial charge in [-0.2, -0.15) is 0 Å². The fourth-order valence-electron chi connectivity index (χ4n) is 2.94. The van der Waals surface area contributed by atoms with E-state index in [0.29, 0.717) is 23.7 Å². The average Bonchev–Trinajstić information content (AvgIpc) is 3.02. The van der Waals surface area contributed by atoms with Crippen molar-refractivity contribution in [2.75, 3.05) is 16.8 Å². The summed E-state index contributed by atoms with van der Waals surface area (Å²) in [4.78, 5) is 49.3. The van der Waals surface area contributed by atoms with Crippen molar-refractivity contribution in [3.63, 3.8) is 0 Å². The molecule has 2 aromatic rings. The third-order valence-corrected chi connectivity index (χ3v) is 5.49. The van der Waals surface area contributed by atoms with E-state index in [2.05, 4.69) is 5.32 Å². The van der Waals surface area contributed by atoms with Crippen LogP contribution in [0.25, 0.3) is 0 Å². The second-order valence-electron chi connectivity index (χ2n) is 6.49. The van der Waals surface area contributed by atoms with E-state index in [1.165, 1.54) is 16.7 Å². The third-order valence-electron chi connectivity index (χ3n) is 4.29. The van der Waals surface area contributed by atoms with Gasteiger partial charge in [-0.05, 0) is 55.5 Å². The number of carbonyl (C=O) groups excluding carboxylic acids is 3. The number of thioether (sulfide) groups is 1. The summed E-state index contributed by atoms with van der Waals surface area (Å²) in [5.41, 5.74) is 0.989. The van der Waals surface area contributed by atoms with Gasteiger partial charge < -0.3 is 15.2 Å². The highest BCUT2D eigenvalue weighted by molar-refractivity contribution is 8.00. The van der Waals surface area contributed by atoms with E-state index in [4.69, 9.17) is 9.84 Å². The van der Waals surface area contributed by atoms with Crippen LogP contribution in [0, 0.1) is 0 Å². The summed E-state index contributed by atoms with van der Waals surface area (Å²) in [7, 11) is 0. The Kier molecular flexibility index (Phi) is 7.09. The molecule has 1 heterocycles. The average molecular weight is 440 g/mol. The van der Waals surface area contributed by atoms with Crippen molar-refractivity contribution in [1.29, 1.82) is 0 Å². The third kappa shape index (κ3) is 5.73. The van der Waals surface area contributed by atoms with Crippen LogP contribution in [0.5, 0.6) is 5.75 Å². The number of rotatable bonds is 8. The largest absolute Gasteiger partial charge is 0.494 e. The smallest absolute Gasteiger partial charge is 0.328 e. The Morgan fingerprint density at radius 2 is 1.81 bits per heavy atom. The number of hydrogen-bond donors (Lipinski definition) is 2. The quantitative estimate of drug-likeness (QED) is 0.479. The number of nitrogens with zero attached hydrogens (tertiary/aromatic N) is 1. The van der Waals surface area contributed by atoms with Crippen LogP contribution in [0.3, 0.4) is 0 Å². The molecule has 0 saturated carbocycles. The summed E-state index contributed by atoms with van der Waals surface area (Å²) in [6.45, 7) is 2.40. The van der Waals surface area contributed by atoms with Crippen LogP contribution < -0.4 is 15.0 Å². The van der Waals surface area contributed by atoms with Crippen molar-refractivity contribution in [1.82, 2.24) is 0 Å². The van der Waals surface area contributed by atoms with Crippen molar-refractivity contribution in [2.24, 2.45) is 0 Å². The molecule has 9 heteroatoms. The minimum absolute atomic E-state index is 0.0924. The van der Waals surface area contributed by atoms with Gasteiger partial charge in [0, 0.05) is 29.2 Å². The molecular weight excluding hydrogens is 420 g/mol. The highest BCUT2D eigenvalue weighted by atomic mass is 32.2. The van der Waals surface area contributed by atoms with Crippen LogP contribution in [0.4, 0.5) is 11.4 Å². The molecule has 3 amide bonds. The maximum absolute atomic E-state index is 12.8. The van der Waals surface area contributed by atoms with E-state index in [1.54, 1.807) is 48.5 Å². The zero-order valence-electron chi connectivity index (χ0n) is 16.6.